The molecule has 0 spiro atoms. The molecule has 0 bridgehead atoms. The van der Waals surface area contributed by atoms with Gasteiger partial charge in [-0.25, -0.2) is 9.78 Å². The average molecular weight is 206 g/mol. The zero-order chi connectivity index (χ0) is 11.3. The Morgan fingerprint density at radius 1 is 1.60 bits per heavy atom. The van der Waals surface area contributed by atoms with Gasteiger partial charge >= 0.3 is 5.97 Å². The van der Waals surface area contributed by atoms with E-state index in [-0.39, 0.29) is 5.69 Å². The number of aromatic carboxylic acids is 1. The molecule has 1 rings (SSSR count). The Balaban J connectivity index is 2.76. The number of carbonyl (C=O) groups is 1. The standard InChI is InChI=1S/C11H14N2O2/c1-8(2)5-7-12-9-4-3-6-13-10(9)11(14)15/h3-6,12H,7H2,1-2H3,(H,14,15). The molecule has 0 aliphatic heterocycles. The smallest absolute Gasteiger partial charge is 0.356 e. The number of carboxylic acids is 1. The van der Waals surface area contributed by atoms with Crippen LogP contribution < -0.4 is 5.32 Å². The third-order valence-corrected chi connectivity index (χ3v) is 1.81. The summed E-state index contributed by atoms with van der Waals surface area (Å²) in [5.41, 5.74) is 1.78. The van der Waals surface area contributed by atoms with Crippen LogP contribution in [0.2, 0.25) is 0 Å². The molecule has 0 fully saturated rings. The number of pyridine rings is 1. The van der Waals surface area contributed by atoms with Crippen LogP contribution in [-0.2, 0) is 0 Å². The fraction of sp³-hybridized carbons (Fsp3) is 0.273. The van der Waals surface area contributed by atoms with Crippen molar-refractivity contribution in [1.82, 2.24) is 4.98 Å². The van der Waals surface area contributed by atoms with Gasteiger partial charge in [0.1, 0.15) is 0 Å². The van der Waals surface area contributed by atoms with Crippen molar-refractivity contribution >= 4 is 11.7 Å². The van der Waals surface area contributed by atoms with Crippen molar-refractivity contribution in [1.29, 1.82) is 0 Å². The molecule has 0 saturated heterocycles. The molecule has 0 aliphatic carbocycles. The van der Waals surface area contributed by atoms with E-state index >= 15 is 0 Å². The topological polar surface area (TPSA) is 62.2 Å². The van der Waals surface area contributed by atoms with Crippen molar-refractivity contribution in [3.63, 3.8) is 0 Å². The molecule has 0 unspecified atom stereocenters. The maximum Gasteiger partial charge on any atom is 0.356 e. The van der Waals surface area contributed by atoms with E-state index in [1.807, 2.05) is 19.9 Å². The van der Waals surface area contributed by atoms with Crippen LogP contribution in [0.4, 0.5) is 5.69 Å². The number of hydrogen-bond acceptors (Lipinski definition) is 3. The van der Waals surface area contributed by atoms with E-state index in [1.54, 1.807) is 12.1 Å². The van der Waals surface area contributed by atoms with Crippen LogP contribution in [0.25, 0.3) is 0 Å². The number of hydrogen-bond donors (Lipinski definition) is 2. The Labute approximate surface area is 88.7 Å². The van der Waals surface area contributed by atoms with E-state index in [1.165, 1.54) is 11.8 Å². The highest BCUT2D eigenvalue weighted by Crippen LogP contribution is 2.11. The minimum absolute atomic E-state index is 0.0552. The average Bonchev–Trinajstić information content (AvgIpc) is 2.17. The highest BCUT2D eigenvalue weighted by atomic mass is 16.4. The van der Waals surface area contributed by atoms with Gasteiger partial charge in [-0.05, 0) is 26.0 Å². The van der Waals surface area contributed by atoms with Crippen LogP contribution in [0.3, 0.4) is 0 Å². The van der Waals surface area contributed by atoms with Gasteiger partial charge in [-0.3, -0.25) is 0 Å². The van der Waals surface area contributed by atoms with E-state index in [9.17, 15) is 4.79 Å². The van der Waals surface area contributed by atoms with Gasteiger partial charge in [-0.15, -0.1) is 0 Å². The third-order valence-electron chi connectivity index (χ3n) is 1.81. The number of allylic oxidation sites excluding steroid dienone is 1. The lowest BCUT2D eigenvalue weighted by atomic mass is 10.2. The molecule has 15 heavy (non-hydrogen) atoms. The molecule has 0 radical (unpaired) electrons. The summed E-state index contributed by atoms with van der Waals surface area (Å²) in [7, 11) is 0. The zero-order valence-electron chi connectivity index (χ0n) is 8.82. The van der Waals surface area contributed by atoms with Crippen molar-refractivity contribution in [2.45, 2.75) is 13.8 Å². The molecule has 0 saturated carbocycles. The Bertz CT molecular complexity index is 382. The molecule has 0 aromatic carbocycles. The first-order chi connectivity index (χ1) is 7.11. The second-order valence-electron chi connectivity index (χ2n) is 3.37. The van der Waals surface area contributed by atoms with Gasteiger partial charge in [-0.2, -0.15) is 0 Å². The third kappa shape index (κ3) is 3.42. The van der Waals surface area contributed by atoms with Crippen LogP contribution in [-0.4, -0.2) is 22.6 Å². The molecule has 2 N–H and O–H groups in total. The molecule has 4 heteroatoms. The van der Waals surface area contributed by atoms with E-state index in [0.717, 1.165) is 0 Å². The predicted molar refractivity (Wildman–Crippen MR) is 59.1 cm³/mol. The van der Waals surface area contributed by atoms with Gasteiger partial charge in [0.25, 0.3) is 0 Å². The summed E-state index contributed by atoms with van der Waals surface area (Å²) in [5, 5.41) is 11.9. The lowest BCUT2D eigenvalue weighted by Crippen LogP contribution is -2.08. The lowest BCUT2D eigenvalue weighted by molar-refractivity contribution is 0.0691. The highest BCUT2D eigenvalue weighted by Gasteiger charge is 2.09. The summed E-state index contributed by atoms with van der Waals surface area (Å²) in [5.74, 6) is -1.02. The van der Waals surface area contributed by atoms with Gasteiger partial charge in [-0.1, -0.05) is 11.6 Å². The molecular formula is C11H14N2O2. The number of nitrogens with zero attached hydrogens (tertiary/aromatic N) is 1. The first kappa shape index (κ1) is 11.2. The van der Waals surface area contributed by atoms with Crippen molar-refractivity contribution < 1.29 is 9.90 Å². The van der Waals surface area contributed by atoms with E-state index in [0.29, 0.717) is 12.2 Å². The molecule has 1 aromatic heterocycles. The highest BCUT2D eigenvalue weighted by molar-refractivity contribution is 5.91. The second kappa shape index (κ2) is 5.14. The Morgan fingerprint density at radius 2 is 2.33 bits per heavy atom. The van der Waals surface area contributed by atoms with E-state index in [2.05, 4.69) is 10.3 Å². The monoisotopic (exact) mass is 206 g/mol. The summed E-state index contributed by atoms with van der Waals surface area (Å²) in [6.07, 6.45) is 3.45. The molecular weight excluding hydrogens is 192 g/mol. The lowest BCUT2D eigenvalue weighted by Gasteiger charge is -2.06. The first-order valence-corrected chi connectivity index (χ1v) is 4.67. The fourth-order valence-corrected chi connectivity index (χ4v) is 1.08. The number of carboxylic acid groups (broad SMARTS) is 1. The van der Waals surface area contributed by atoms with Crippen molar-refractivity contribution in [3.8, 4) is 0 Å². The Morgan fingerprint density at radius 3 is 2.93 bits per heavy atom. The summed E-state index contributed by atoms with van der Waals surface area (Å²) >= 11 is 0. The number of aromatic nitrogens is 1. The number of rotatable bonds is 4. The van der Waals surface area contributed by atoms with Gasteiger partial charge in [0.15, 0.2) is 5.69 Å². The first-order valence-electron chi connectivity index (χ1n) is 4.67. The van der Waals surface area contributed by atoms with Crippen molar-refractivity contribution in [2.75, 3.05) is 11.9 Å². The van der Waals surface area contributed by atoms with Crippen LogP contribution >= 0.6 is 0 Å². The zero-order valence-corrected chi connectivity index (χ0v) is 8.82. The number of nitrogens with one attached hydrogen (secondary N) is 1. The molecule has 0 aliphatic rings. The number of anilines is 1. The summed E-state index contributed by atoms with van der Waals surface area (Å²) in [6, 6.07) is 3.41. The molecule has 1 heterocycles. The minimum atomic E-state index is -1.02. The van der Waals surface area contributed by atoms with Crippen LogP contribution in [0.15, 0.2) is 30.0 Å². The molecule has 0 atom stereocenters. The molecule has 80 valence electrons. The maximum absolute atomic E-state index is 10.8. The van der Waals surface area contributed by atoms with Crippen LogP contribution in [0, 0.1) is 0 Å². The second-order valence-corrected chi connectivity index (χ2v) is 3.37. The van der Waals surface area contributed by atoms with E-state index in [4.69, 9.17) is 5.11 Å². The fourth-order valence-electron chi connectivity index (χ4n) is 1.08. The molecule has 0 amide bonds. The maximum atomic E-state index is 10.8. The van der Waals surface area contributed by atoms with Crippen molar-refractivity contribution in [2.24, 2.45) is 0 Å². The SMILES string of the molecule is CC(C)=CCNc1cccnc1C(=O)O. The Hall–Kier alpha value is -1.84. The Kier molecular flexibility index (Phi) is 3.85. The quantitative estimate of drug-likeness (QED) is 0.741. The van der Waals surface area contributed by atoms with Crippen molar-refractivity contribution in [3.05, 3.63) is 35.7 Å². The minimum Gasteiger partial charge on any atom is -0.476 e. The van der Waals surface area contributed by atoms with Gasteiger partial charge < -0.3 is 10.4 Å². The molecule has 1 aromatic rings. The summed E-state index contributed by atoms with van der Waals surface area (Å²) in [6.45, 7) is 4.58. The van der Waals surface area contributed by atoms with E-state index < -0.39 is 5.97 Å². The van der Waals surface area contributed by atoms with Gasteiger partial charge in [0.05, 0.1) is 5.69 Å². The largest absolute Gasteiger partial charge is 0.476 e. The van der Waals surface area contributed by atoms with Crippen LogP contribution in [0.5, 0.6) is 0 Å². The summed E-state index contributed by atoms with van der Waals surface area (Å²) in [4.78, 5) is 14.6. The van der Waals surface area contributed by atoms with Gasteiger partial charge in [0.2, 0.25) is 0 Å². The predicted octanol–water partition coefficient (Wildman–Crippen LogP) is 2.16. The normalized spacial score (nSPS) is 9.47. The van der Waals surface area contributed by atoms with Crippen LogP contribution in [0.1, 0.15) is 24.3 Å². The summed E-state index contributed by atoms with van der Waals surface area (Å²) < 4.78 is 0. The molecule has 4 nitrogen and oxygen atoms in total. The van der Waals surface area contributed by atoms with Gasteiger partial charge in [0, 0.05) is 12.7 Å².